The molecule has 0 spiro atoms. The van der Waals surface area contributed by atoms with Gasteiger partial charge in [-0.05, 0) is 33.1 Å². The molecule has 1 aliphatic carbocycles. The summed E-state index contributed by atoms with van der Waals surface area (Å²) in [6.45, 7) is 4.39. The van der Waals surface area contributed by atoms with Crippen LogP contribution in [0.15, 0.2) is 4.52 Å². The van der Waals surface area contributed by atoms with Gasteiger partial charge in [-0.25, -0.2) is 0 Å². The van der Waals surface area contributed by atoms with Gasteiger partial charge in [-0.15, -0.1) is 0 Å². The van der Waals surface area contributed by atoms with Crippen LogP contribution < -0.4 is 11.1 Å². The molecule has 0 saturated heterocycles. The molecule has 0 aliphatic heterocycles. The van der Waals surface area contributed by atoms with E-state index < -0.39 is 5.54 Å². The van der Waals surface area contributed by atoms with Crippen molar-refractivity contribution in [3.8, 4) is 0 Å². The molecule has 0 radical (unpaired) electrons. The zero-order valence-electron chi connectivity index (χ0n) is 11.8. The summed E-state index contributed by atoms with van der Waals surface area (Å²) in [5.41, 5.74) is 7.50. The van der Waals surface area contributed by atoms with Crippen molar-refractivity contribution in [2.45, 2.75) is 57.9 Å². The molecule has 5 heteroatoms. The van der Waals surface area contributed by atoms with E-state index in [4.69, 9.17) is 10.3 Å². The summed E-state index contributed by atoms with van der Waals surface area (Å²) >= 11 is 0. The topological polar surface area (TPSA) is 81.2 Å². The number of hydrogen-bond donors (Lipinski definition) is 2. The first-order valence-electron chi connectivity index (χ1n) is 7.02. The highest BCUT2D eigenvalue weighted by Gasteiger charge is 2.34. The minimum atomic E-state index is -0.656. The van der Waals surface area contributed by atoms with E-state index in [9.17, 15) is 4.79 Å². The van der Waals surface area contributed by atoms with Crippen molar-refractivity contribution >= 4 is 5.91 Å². The zero-order chi connectivity index (χ0) is 13.9. The van der Waals surface area contributed by atoms with Gasteiger partial charge in [0.25, 0.3) is 0 Å². The first-order valence-corrected chi connectivity index (χ1v) is 7.02. The molecule has 19 heavy (non-hydrogen) atoms. The number of aromatic nitrogens is 1. The minimum absolute atomic E-state index is 0.0149. The van der Waals surface area contributed by atoms with Crippen molar-refractivity contribution in [1.29, 1.82) is 0 Å². The average Bonchev–Trinajstić information content (AvgIpc) is 2.71. The highest BCUT2D eigenvalue weighted by atomic mass is 16.5. The Labute approximate surface area is 113 Å². The number of hydrogen-bond acceptors (Lipinski definition) is 4. The van der Waals surface area contributed by atoms with Gasteiger partial charge in [0.15, 0.2) is 0 Å². The summed E-state index contributed by atoms with van der Waals surface area (Å²) in [5.74, 6) is 0.811. The molecule has 106 valence electrons. The van der Waals surface area contributed by atoms with Crippen LogP contribution >= 0.6 is 0 Å². The molecule has 1 saturated carbocycles. The van der Waals surface area contributed by atoms with Crippen molar-refractivity contribution in [2.24, 2.45) is 5.73 Å². The lowest BCUT2D eigenvalue weighted by Gasteiger charge is -2.31. The second kappa shape index (κ2) is 5.74. The van der Waals surface area contributed by atoms with Gasteiger partial charge >= 0.3 is 0 Å². The van der Waals surface area contributed by atoms with E-state index in [0.717, 1.165) is 49.1 Å². The van der Waals surface area contributed by atoms with Gasteiger partial charge < -0.3 is 15.6 Å². The SMILES string of the molecule is Cc1noc(C)c1CCNC(=O)C1(N)CCCCC1. The number of carbonyl (C=O) groups is 1. The van der Waals surface area contributed by atoms with Crippen molar-refractivity contribution in [3.05, 3.63) is 17.0 Å². The predicted octanol–water partition coefficient (Wildman–Crippen LogP) is 1.61. The summed E-state index contributed by atoms with van der Waals surface area (Å²) in [6, 6.07) is 0. The van der Waals surface area contributed by atoms with E-state index in [1.165, 1.54) is 6.42 Å². The fourth-order valence-electron chi connectivity index (χ4n) is 2.75. The molecular weight excluding hydrogens is 242 g/mol. The lowest BCUT2D eigenvalue weighted by atomic mass is 9.82. The van der Waals surface area contributed by atoms with Crippen LogP contribution in [0.25, 0.3) is 0 Å². The number of carbonyl (C=O) groups excluding carboxylic acids is 1. The normalized spacial score (nSPS) is 18.3. The molecule has 0 atom stereocenters. The molecular formula is C14H23N3O2. The Hall–Kier alpha value is -1.36. The van der Waals surface area contributed by atoms with Gasteiger partial charge in [0.1, 0.15) is 5.76 Å². The number of rotatable bonds is 4. The molecule has 0 bridgehead atoms. The number of aryl methyl sites for hydroxylation is 2. The molecule has 1 aromatic heterocycles. The van der Waals surface area contributed by atoms with Crippen LogP contribution in [0.2, 0.25) is 0 Å². The van der Waals surface area contributed by atoms with Crippen LogP contribution in [0, 0.1) is 13.8 Å². The lowest BCUT2D eigenvalue weighted by Crippen LogP contribution is -2.55. The lowest BCUT2D eigenvalue weighted by molar-refractivity contribution is -0.127. The van der Waals surface area contributed by atoms with E-state index in [1.807, 2.05) is 13.8 Å². The molecule has 1 aliphatic rings. The zero-order valence-corrected chi connectivity index (χ0v) is 11.8. The maximum atomic E-state index is 12.1. The molecule has 1 amide bonds. The van der Waals surface area contributed by atoms with Crippen LogP contribution in [-0.2, 0) is 11.2 Å². The van der Waals surface area contributed by atoms with Gasteiger partial charge in [0.2, 0.25) is 5.91 Å². The third-order valence-corrected chi connectivity index (χ3v) is 4.04. The highest BCUT2D eigenvalue weighted by molar-refractivity contribution is 5.86. The van der Waals surface area contributed by atoms with Crippen LogP contribution in [0.5, 0.6) is 0 Å². The van der Waals surface area contributed by atoms with Crippen molar-refractivity contribution < 1.29 is 9.32 Å². The van der Waals surface area contributed by atoms with Gasteiger partial charge in [0, 0.05) is 12.1 Å². The highest BCUT2D eigenvalue weighted by Crippen LogP contribution is 2.25. The van der Waals surface area contributed by atoms with Crippen LogP contribution in [0.1, 0.15) is 49.1 Å². The number of nitrogens with one attached hydrogen (secondary N) is 1. The summed E-state index contributed by atoms with van der Waals surface area (Å²) in [7, 11) is 0. The van der Waals surface area contributed by atoms with E-state index >= 15 is 0 Å². The fraction of sp³-hybridized carbons (Fsp3) is 0.714. The molecule has 0 aromatic carbocycles. The maximum Gasteiger partial charge on any atom is 0.240 e. The summed E-state index contributed by atoms with van der Waals surface area (Å²) in [6.07, 6.45) is 5.62. The Kier molecular flexibility index (Phi) is 4.24. The molecule has 1 fully saturated rings. The first kappa shape index (κ1) is 14.1. The molecule has 5 nitrogen and oxygen atoms in total. The quantitative estimate of drug-likeness (QED) is 0.866. The monoisotopic (exact) mass is 265 g/mol. The Morgan fingerprint density at radius 3 is 2.63 bits per heavy atom. The molecule has 1 heterocycles. The van der Waals surface area contributed by atoms with E-state index in [-0.39, 0.29) is 5.91 Å². The van der Waals surface area contributed by atoms with Crippen LogP contribution in [-0.4, -0.2) is 23.1 Å². The predicted molar refractivity (Wildman–Crippen MR) is 72.7 cm³/mol. The molecule has 3 N–H and O–H groups in total. The second-order valence-corrected chi connectivity index (χ2v) is 5.53. The smallest absolute Gasteiger partial charge is 0.240 e. The maximum absolute atomic E-state index is 12.1. The fourth-order valence-corrected chi connectivity index (χ4v) is 2.75. The Morgan fingerprint density at radius 2 is 2.05 bits per heavy atom. The third-order valence-electron chi connectivity index (χ3n) is 4.04. The molecule has 2 rings (SSSR count). The Morgan fingerprint density at radius 1 is 1.37 bits per heavy atom. The number of nitrogens with zero attached hydrogens (tertiary/aromatic N) is 1. The first-order chi connectivity index (χ1) is 9.03. The second-order valence-electron chi connectivity index (χ2n) is 5.53. The van der Waals surface area contributed by atoms with Gasteiger partial charge in [0.05, 0.1) is 11.2 Å². The van der Waals surface area contributed by atoms with E-state index in [0.29, 0.717) is 6.54 Å². The number of amides is 1. The molecule has 0 unspecified atom stereocenters. The largest absolute Gasteiger partial charge is 0.361 e. The van der Waals surface area contributed by atoms with Gasteiger partial charge in [-0.1, -0.05) is 24.4 Å². The van der Waals surface area contributed by atoms with Crippen LogP contribution in [0.3, 0.4) is 0 Å². The summed E-state index contributed by atoms with van der Waals surface area (Å²) < 4.78 is 5.10. The third kappa shape index (κ3) is 3.15. The molecule has 1 aromatic rings. The van der Waals surface area contributed by atoms with Gasteiger partial charge in [-0.2, -0.15) is 0 Å². The van der Waals surface area contributed by atoms with Gasteiger partial charge in [-0.3, -0.25) is 4.79 Å². The Bertz CT molecular complexity index is 428. The van der Waals surface area contributed by atoms with Crippen LogP contribution in [0.4, 0.5) is 0 Å². The van der Waals surface area contributed by atoms with Crippen molar-refractivity contribution in [2.75, 3.05) is 6.54 Å². The van der Waals surface area contributed by atoms with E-state index in [2.05, 4.69) is 10.5 Å². The van der Waals surface area contributed by atoms with Crippen molar-refractivity contribution in [1.82, 2.24) is 10.5 Å². The number of nitrogens with two attached hydrogens (primary N) is 1. The van der Waals surface area contributed by atoms with E-state index in [1.54, 1.807) is 0 Å². The van der Waals surface area contributed by atoms with Crippen molar-refractivity contribution in [3.63, 3.8) is 0 Å². The average molecular weight is 265 g/mol. The summed E-state index contributed by atoms with van der Waals surface area (Å²) in [5, 5.41) is 6.86. The minimum Gasteiger partial charge on any atom is -0.361 e. The Balaban J connectivity index is 1.84. The summed E-state index contributed by atoms with van der Waals surface area (Å²) in [4.78, 5) is 12.1. The standard InChI is InChI=1S/C14H23N3O2/c1-10-12(11(2)19-17-10)6-9-16-13(18)14(15)7-4-3-5-8-14/h3-9,15H2,1-2H3,(H,16,18).